The molecule has 0 saturated heterocycles. The van der Waals surface area contributed by atoms with Gasteiger partial charge in [0.15, 0.2) is 5.03 Å². The van der Waals surface area contributed by atoms with Crippen molar-refractivity contribution >= 4 is 31.6 Å². The zero-order chi connectivity index (χ0) is 14.2. The monoisotopic (exact) mass is 343 g/mol. The van der Waals surface area contributed by atoms with Gasteiger partial charge in [-0.25, -0.2) is 4.98 Å². The Labute approximate surface area is 120 Å². The van der Waals surface area contributed by atoms with Crippen LogP contribution in [0.4, 0.5) is 5.69 Å². The van der Waals surface area contributed by atoms with E-state index < -0.39 is 10.0 Å². The second-order valence-corrected chi connectivity index (χ2v) is 6.79. The molecule has 102 valence electrons. The number of nitrogens with zero attached hydrogens (tertiary/aromatic N) is 2. The predicted octanol–water partition coefficient (Wildman–Crippen LogP) is 2.60. The smallest absolute Gasteiger partial charge is 0.280 e. The number of aromatic nitrogens is 2. The first-order chi connectivity index (χ1) is 8.79. The Hall–Kier alpha value is -1.34. The fourth-order valence-corrected chi connectivity index (χ4v) is 2.91. The van der Waals surface area contributed by atoms with Crippen LogP contribution >= 0.6 is 15.9 Å². The maximum absolute atomic E-state index is 12.2. The summed E-state index contributed by atoms with van der Waals surface area (Å²) in [4.78, 5) is 4.02. The van der Waals surface area contributed by atoms with Gasteiger partial charge in [0.25, 0.3) is 10.0 Å². The summed E-state index contributed by atoms with van der Waals surface area (Å²) in [6.45, 7) is 3.65. The van der Waals surface area contributed by atoms with Gasteiger partial charge in [0, 0.05) is 23.4 Å². The first kappa shape index (κ1) is 14.1. The molecular weight excluding hydrogens is 330 g/mol. The van der Waals surface area contributed by atoms with Gasteiger partial charge in [-0.3, -0.25) is 4.72 Å². The fraction of sp³-hybridized carbons (Fsp3) is 0.250. The third kappa shape index (κ3) is 2.98. The van der Waals surface area contributed by atoms with Crippen LogP contribution in [-0.4, -0.2) is 18.0 Å². The Morgan fingerprint density at radius 2 is 2.00 bits per heavy atom. The molecule has 2 rings (SSSR count). The number of rotatable bonds is 3. The van der Waals surface area contributed by atoms with Gasteiger partial charge in [-0.2, -0.15) is 8.42 Å². The lowest BCUT2D eigenvalue weighted by molar-refractivity contribution is 0.598. The highest BCUT2D eigenvalue weighted by molar-refractivity contribution is 9.10. The van der Waals surface area contributed by atoms with E-state index in [9.17, 15) is 8.42 Å². The van der Waals surface area contributed by atoms with Gasteiger partial charge in [-0.15, -0.1) is 0 Å². The predicted molar refractivity (Wildman–Crippen MR) is 77.6 cm³/mol. The number of imidazole rings is 1. The molecule has 7 heteroatoms. The average Bonchev–Trinajstić information content (AvgIpc) is 2.65. The Morgan fingerprint density at radius 1 is 1.32 bits per heavy atom. The summed E-state index contributed by atoms with van der Waals surface area (Å²) < 4.78 is 29.5. The summed E-state index contributed by atoms with van der Waals surface area (Å²) in [6, 6.07) is 5.26. The number of anilines is 1. The minimum absolute atomic E-state index is 0.0214. The van der Waals surface area contributed by atoms with Crippen LogP contribution in [0.2, 0.25) is 0 Å². The van der Waals surface area contributed by atoms with Crippen molar-refractivity contribution in [1.29, 1.82) is 0 Å². The van der Waals surface area contributed by atoms with E-state index in [1.165, 1.54) is 6.20 Å². The molecule has 5 nitrogen and oxygen atoms in total. The van der Waals surface area contributed by atoms with E-state index in [0.29, 0.717) is 11.5 Å². The lowest BCUT2D eigenvalue weighted by Crippen LogP contribution is -2.13. The number of sulfonamides is 1. The van der Waals surface area contributed by atoms with Gasteiger partial charge in [-0.1, -0.05) is 15.9 Å². The third-order valence-corrected chi connectivity index (χ3v) is 4.91. The molecule has 0 saturated carbocycles. The maximum atomic E-state index is 12.2. The molecule has 0 aliphatic heterocycles. The highest BCUT2D eigenvalue weighted by Crippen LogP contribution is 2.22. The molecule has 1 heterocycles. The number of hydrogen-bond acceptors (Lipinski definition) is 3. The molecule has 0 aliphatic carbocycles. The van der Waals surface area contributed by atoms with Crippen LogP contribution in [0.25, 0.3) is 0 Å². The number of nitrogens with one attached hydrogen (secondary N) is 1. The van der Waals surface area contributed by atoms with E-state index in [-0.39, 0.29) is 5.03 Å². The van der Waals surface area contributed by atoms with E-state index in [1.807, 2.05) is 6.92 Å². The third-order valence-electron chi connectivity index (χ3n) is 2.77. The zero-order valence-corrected chi connectivity index (χ0v) is 13.2. The van der Waals surface area contributed by atoms with E-state index in [4.69, 9.17) is 0 Å². The molecular formula is C12H14BrN3O2S. The normalized spacial score (nSPS) is 11.6. The van der Waals surface area contributed by atoms with Crippen molar-refractivity contribution in [3.63, 3.8) is 0 Å². The molecule has 0 bridgehead atoms. The molecule has 0 amide bonds. The molecule has 0 spiro atoms. The van der Waals surface area contributed by atoms with Crippen molar-refractivity contribution in [3.8, 4) is 0 Å². The highest BCUT2D eigenvalue weighted by Gasteiger charge is 2.18. The second kappa shape index (κ2) is 4.97. The van der Waals surface area contributed by atoms with Gasteiger partial charge in [0.1, 0.15) is 5.82 Å². The summed E-state index contributed by atoms with van der Waals surface area (Å²) in [5.74, 6) is 0.646. The number of hydrogen-bond donors (Lipinski definition) is 1. The van der Waals surface area contributed by atoms with Crippen LogP contribution in [0, 0.1) is 13.8 Å². The highest BCUT2D eigenvalue weighted by atomic mass is 79.9. The lowest BCUT2D eigenvalue weighted by atomic mass is 10.2. The topological polar surface area (TPSA) is 64.0 Å². The van der Waals surface area contributed by atoms with Gasteiger partial charge < -0.3 is 4.57 Å². The summed E-state index contributed by atoms with van der Waals surface area (Å²) >= 11 is 3.37. The van der Waals surface area contributed by atoms with Crippen LogP contribution in [0.5, 0.6) is 0 Å². The molecule has 19 heavy (non-hydrogen) atoms. The van der Waals surface area contributed by atoms with Crippen LogP contribution < -0.4 is 4.72 Å². The largest absolute Gasteiger partial charge is 0.337 e. The van der Waals surface area contributed by atoms with Crippen LogP contribution in [0.15, 0.2) is 33.9 Å². The number of halogens is 1. The molecule has 0 radical (unpaired) electrons. The standard InChI is InChI=1S/C12H14BrN3O2S/c1-8-6-10(4-5-11(8)13)15-19(17,18)12-7-16(3)9(2)14-12/h4-7,15H,1-3H3. The fourth-order valence-electron chi connectivity index (χ4n) is 1.57. The summed E-state index contributed by atoms with van der Waals surface area (Å²) in [6.07, 6.45) is 1.49. The van der Waals surface area contributed by atoms with E-state index in [1.54, 1.807) is 36.7 Å². The lowest BCUT2D eigenvalue weighted by Gasteiger charge is -2.07. The van der Waals surface area contributed by atoms with Crippen LogP contribution in [-0.2, 0) is 17.1 Å². The minimum atomic E-state index is -3.64. The minimum Gasteiger partial charge on any atom is -0.337 e. The SMILES string of the molecule is Cc1cc(NS(=O)(=O)c2cn(C)c(C)n2)ccc1Br. The quantitative estimate of drug-likeness (QED) is 0.931. The summed E-state index contributed by atoms with van der Waals surface area (Å²) in [5, 5.41) is 0.0214. The van der Waals surface area contributed by atoms with Gasteiger partial charge in [0.05, 0.1) is 0 Å². The number of benzene rings is 1. The van der Waals surface area contributed by atoms with Crippen molar-refractivity contribution in [2.24, 2.45) is 7.05 Å². The number of aryl methyl sites for hydroxylation is 3. The molecule has 0 fully saturated rings. The van der Waals surface area contributed by atoms with Gasteiger partial charge in [0.2, 0.25) is 0 Å². The average molecular weight is 344 g/mol. The van der Waals surface area contributed by atoms with Crippen molar-refractivity contribution in [1.82, 2.24) is 9.55 Å². The van der Waals surface area contributed by atoms with Crippen molar-refractivity contribution in [2.45, 2.75) is 18.9 Å². The Kier molecular flexibility index (Phi) is 3.69. The van der Waals surface area contributed by atoms with Crippen molar-refractivity contribution in [3.05, 3.63) is 40.3 Å². The second-order valence-electron chi connectivity index (χ2n) is 4.31. The first-order valence-electron chi connectivity index (χ1n) is 5.58. The molecule has 0 unspecified atom stereocenters. The van der Waals surface area contributed by atoms with Crippen LogP contribution in [0.3, 0.4) is 0 Å². The Bertz CT molecular complexity index is 703. The van der Waals surface area contributed by atoms with E-state index in [0.717, 1.165) is 10.0 Å². The first-order valence-corrected chi connectivity index (χ1v) is 7.86. The Morgan fingerprint density at radius 3 is 2.53 bits per heavy atom. The molecule has 2 aromatic rings. The van der Waals surface area contributed by atoms with Gasteiger partial charge >= 0.3 is 0 Å². The summed E-state index contributed by atoms with van der Waals surface area (Å²) in [7, 11) is -1.89. The van der Waals surface area contributed by atoms with Crippen LogP contribution in [0.1, 0.15) is 11.4 Å². The Balaban J connectivity index is 2.33. The molecule has 1 aromatic heterocycles. The van der Waals surface area contributed by atoms with Crippen molar-refractivity contribution < 1.29 is 8.42 Å². The molecule has 1 N–H and O–H groups in total. The van der Waals surface area contributed by atoms with Crippen molar-refractivity contribution in [2.75, 3.05) is 4.72 Å². The van der Waals surface area contributed by atoms with E-state index >= 15 is 0 Å². The maximum Gasteiger partial charge on any atom is 0.280 e. The molecule has 0 aliphatic rings. The zero-order valence-electron chi connectivity index (χ0n) is 10.8. The molecule has 0 atom stereocenters. The molecule has 1 aromatic carbocycles. The van der Waals surface area contributed by atoms with E-state index in [2.05, 4.69) is 25.6 Å². The van der Waals surface area contributed by atoms with Gasteiger partial charge in [-0.05, 0) is 37.6 Å². The summed E-state index contributed by atoms with van der Waals surface area (Å²) in [5.41, 5.74) is 1.47.